The van der Waals surface area contributed by atoms with Crippen LogP contribution in [0, 0.1) is 0 Å². The smallest absolute Gasteiger partial charge is 0.197 e. The predicted molar refractivity (Wildman–Crippen MR) is 134 cm³/mol. The van der Waals surface area contributed by atoms with Crippen molar-refractivity contribution in [3.8, 4) is 22.8 Å². The van der Waals surface area contributed by atoms with Crippen molar-refractivity contribution in [3.63, 3.8) is 0 Å². The largest absolute Gasteiger partial charge is 0.497 e. The van der Waals surface area contributed by atoms with E-state index in [1.54, 1.807) is 7.11 Å². The first-order chi connectivity index (χ1) is 16.7. The monoisotopic (exact) mass is 455 g/mol. The number of furan rings is 1. The molecule has 34 heavy (non-hydrogen) atoms. The number of carbonyl (C=O) groups is 1. The van der Waals surface area contributed by atoms with E-state index in [0.29, 0.717) is 34.8 Å². The molecule has 0 atom stereocenters. The molecule has 0 spiro atoms. The third-order valence-corrected chi connectivity index (χ3v) is 6.40. The minimum atomic E-state index is -0.0809. The fourth-order valence-corrected chi connectivity index (χ4v) is 4.54. The molecule has 0 saturated carbocycles. The van der Waals surface area contributed by atoms with Gasteiger partial charge in [-0.2, -0.15) is 0 Å². The van der Waals surface area contributed by atoms with Crippen LogP contribution in [-0.4, -0.2) is 44.0 Å². The van der Waals surface area contributed by atoms with Gasteiger partial charge in [-0.1, -0.05) is 36.8 Å². The highest BCUT2D eigenvalue weighted by atomic mass is 16.5. The predicted octanol–water partition coefficient (Wildman–Crippen LogP) is 6.20. The van der Waals surface area contributed by atoms with Gasteiger partial charge in [0.1, 0.15) is 29.4 Å². The van der Waals surface area contributed by atoms with Crippen molar-refractivity contribution in [3.05, 3.63) is 83.9 Å². The number of likely N-dealkylation sites (tertiary alicyclic amines) is 1. The van der Waals surface area contributed by atoms with Crippen molar-refractivity contribution in [2.24, 2.45) is 0 Å². The van der Waals surface area contributed by atoms with Gasteiger partial charge in [-0.25, -0.2) is 0 Å². The number of carbonyl (C=O) groups excluding carboxylic acids is 1. The Bertz CT molecular complexity index is 1250. The van der Waals surface area contributed by atoms with Gasteiger partial charge in [0, 0.05) is 29.1 Å². The Balaban J connectivity index is 1.39. The van der Waals surface area contributed by atoms with E-state index in [9.17, 15) is 4.79 Å². The third kappa shape index (κ3) is 4.70. The van der Waals surface area contributed by atoms with Crippen molar-refractivity contribution >= 4 is 16.8 Å². The van der Waals surface area contributed by atoms with Crippen LogP contribution >= 0.6 is 0 Å². The van der Waals surface area contributed by atoms with Gasteiger partial charge in [0.25, 0.3) is 0 Å². The minimum absolute atomic E-state index is 0.0809. The molecule has 1 saturated heterocycles. The van der Waals surface area contributed by atoms with Gasteiger partial charge < -0.3 is 13.9 Å². The molecule has 0 unspecified atom stereocenters. The summed E-state index contributed by atoms with van der Waals surface area (Å²) in [6.45, 7) is 3.90. The Morgan fingerprint density at radius 3 is 2.38 bits per heavy atom. The van der Waals surface area contributed by atoms with Crippen molar-refractivity contribution in [1.29, 1.82) is 0 Å². The van der Waals surface area contributed by atoms with Crippen LogP contribution in [0.15, 0.2) is 77.2 Å². The van der Waals surface area contributed by atoms with Gasteiger partial charge in [-0.05, 0) is 62.3 Å². The molecular weight excluding hydrogens is 426 g/mol. The number of methoxy groups -OCH3 is 1. The third-order valence-electron chi connectivity index (χ3n) is 6.40. The zero-order chi connectivity index (χ0) is 23.3. The second-order valence-electron chi connectivity index (χ2n) is 8.64. The van der Waals surface area contributed by atoms with Gasteiger partial charge in [0.05, 0.1) is 12.7 Å². The van der Waals surface area contributed by atoms with Crippen LogP contribution in [0.4, 0.5) is 0 Å². The zero-order valence-electron chi connectivity index (χ0n) is 19.5. The van der Waals surface area contributed by atoms with Crippen LogP contribution < -0.4 is 9.47 Å². The number of nitrogens with zero attached hydrogens (tertiary/aromatic N) is 1. The minimum Gasteiger partial charge on any atom is -0.497 e. The van der Waals surface area contributed by atoms with Crippen LogP contribution in [0.2, 0.25) is 0 Å². The molecule has 0 amide bonds. The number of ketones is 1. The molecule has 0 aliphatic carbocycles. The Kier molecular flexibility index (Phi) is 6.63. The summed E-state index contributed by atoms with van der Waals surface area (Å²) in [5, 5.41) is 0.770. The highest BCUT2D eigenvalue weighted by Crippen LogP contribution is 2.37. The average molecular weight is 456 g/mol. The average Bonchev–Trinajstić information content (AvgIpc) is 3.28. The van der Waals surface area contributed by atoms with Crippen LogP contribution in [-0.2, 0) is 0 Å². The van der Waals surface area contributed by atoms with E-state index >= 15 is 0 Å². The first-order valence-electron chi connectivity index (χ1n) is 11.9. The van der Waals surface area contributed by atoms with Gasteiger partial charge in [-0.15, -0.1) is 0 Å². The molecule has 174 valence electrons. The number of fused-ring (bicyclic) bond motifs is 1. The van der Waals surface area contributed by atoms with Crippen LogP contribution in [0.1, 0.15) is 35.2 Å². The molecule has 1 aliphatic rings. The summed E-state index contributed by atoms with van der Waals surface area (Å²) in [6.07, 6.45) is 3.88. The molecule has 0 bridgehead atoms. The molecule has 1 aliphatic heterocycles. The van der Waals surface area contributed by atoms with Gasteiger partial charge >= 0.3 is 0 Å². The Hall–Kier alpha value is -3.57. The highest BCUT2D eigenvalue weighted by molar-refractivity contribution is 6.19. The number of piperidine rings is 1. The van der Waals surface area contributed by atoms with Gasteiger partial charge in [0.15, 0.2) is 5.78 Å². The van der Waals surface area contributed by atoms with E-state index in [1.807, 2.05) is 72.8 Å². The normalized spacial score (nSPS) is 14.3. The molecular formula is C29H29NO4. The summed E-state index contributed by atoms with van der Waals surface area (Å²) >= 11 is 0. The lowest BCUT2D eigenvalue weighted by Crippen LogP contribution is -2.33. The van der Waals surface area contributed by atoms with Crippen LogP contribution in [0.5, 0.6) is 11.5 Å². The lowest BCUT2D eigenvalue weighted by molar-refractivity contribution is 0.104. The van der Waals surface area contributed by atoms with E-state index in [4.69, 9.17) is 13.9 Å². The molecule has 2 heterocycles. The molecule has 4 aromatic rings. The summed E-state index contributed by atoms with van der Waals surface area (Å²) < 4.78 is 17.5. The Morgan fingerprint density at radius 2 is 1.65 bits per heavy atom. The van der Waals surface area contributed by atoms with Crippen LogP contribution in [0.3, 0.4) is 0 Å². The van der Waals surface area contributed by atoms with Crippen molar-refractivity contribution in [2.75, 3.05) is 33.4 Å². The lowest BCUT2D eigenvalue weighted by Gasteiger charge is -2.26. The number of rotatable bonds is 8. The van der Waals surface area contributed by atoms with E-state index in [-0.39, 0.29) is 5.78 Å². The molecule has 1 fully saturated rings. The second kappa shape index (κ2) is 10.1. The first-order valence-corrected chi connectivity index (χ1v) is 11.9. The maximum atomic E-state index is 13.7. The lowest BCUT2D eigenvalue weighted by atomic mass is 9.97. The van der Waals surface area contributed by atoms with Crippen LogP contribution in [0.25, 0.3) is 22.3 Å². The summed E-state index contributed by atoms with van der Waals surface area (Å²) in [5.74, 6) is 1.95. The maximum Gasteiger partial charge on any atom is 0.197 e. The topological polar surface area (TPSA) is 51.9 Å². The van der Waals surface area contributed by atoms with Gasteiger partial charge in [-0.3, -0.25) is 9.69 Å². The standard InChI is InChI=1S/C29H29NO4/c1-32-24-14-15-25-26(20-24)34-29(22-8-4-2-5-9-22)27(25)28(31)21-10-12-23(13-11-21)33-19-18-30-16-6-3-7-17-30/h2,4-5,8-15,20H,3,6-7,16-19H2,1H3. The molecule has 5 rings (SSSR count). The zero-order valence-corrected chi connectivity index (χ0v) is 19.5. The Morgan fingerprint density at radius 1 is 0.912 bits per heavy atom. The molecule has 5 heteroatoms. The number of hydrogen-bond donors (Lipinski definition) is 0. The molecule has 0 N–H and O–H groups in total. The SMILES string of the molecule is COc1ccc2c(C(=O)c3ccc(OCCN4CCCCC4)cc3)c(-c3ccccc3)oc2c1. The number of hydrogen-bond acceptors (Lipinski definition) is 5. The summed E-state index contributed by atoms with van der Waals surface area (Å²) in [6, 6.07) is 22.7. The van der Waals surface area contributed by atoms with E-state index in [0.717, 1.165) is 36.3 Å². The fourth-order valence-electron chi connectivity index (χ4n) is 4.54. The quantitative estimate of drug-likeness (QED) is 0.296. The van der Waals surface area contributed by atoms with Crippen molar-refractivity contribution < 1.29 is 18.7 Å². The maximum absolute atomic E-state index is 13.7. The van der Waals surface area contributed by atoms with Crippen molar-refractivity contribution in [1.82, 2.24) is 4.90 Å². The first kappa shape index (κ1) is 22.2. The second-order valence-corrected chi connectivity index (χ2v) is 8.64. The Labute approximate surface area is 199 Å². The summed E-state index contributed by atoms with van der Waals surface area (Å²) in [7, 11) is 1.62. The highest BCUT2D eigenvalue weighted by Gasteiger charge is 2.23. The molecule has 0 radical (unpaired) electrons. The number of ether oxygens (including phenoxy) is 2. The van der Waals surface area contributed by atoms with E-state index < -0.39 is 0 Å². The van der Waals surface area contributed by atoms with Gasteiger partial charge in [0.2, 0.25) is 0 Å². The molecule has 3 aromatic carbocycles. The number of benzene rings is 3. The van der Waals surface area contributed by atoms with E-state index in [2.05, 4.69) is 4.90 Å². The van der Waals surface area contributed by atoms with Crippen molar-refractivity contribution in [2.45, 2.75) is 19.3 Å². The molecule has 5 nitrogen and oxygen atoms in total. The van der Waals surface area contributed by atoms with E-state index in [1.165, 1.54) is 19.3 Å². The summed E-state index contributed by atoms with van der Waals surface area (Å²) in [4.78, 5) is 16.1. The molecule has 1 aromatic heterocycles. The fraction of sp³-hybridized carbons (Fsp3) is 0.276. The summed E-state index contributed by atoms with van der Waals surface area (Å²) in [5.41, 5.74) is 2.64.